The van der Waals surface area contributed by atoms with E-state index in [1.165, 1.54) is 5.56 Å². The van der Waals surface area contributed by atoms with Gasteiger partial charge in [0.2, 0.25) is 5.91 Å². The van der Waals surface area contributed by atoms with Gasteiger partial charge in [-0.05, 0) is 64.4 Å². The first-order valence-corrected chi connectivity index (χ1v) is 10.2. The molecule has 1 aliphatic rings. The van der Waals surface area contributed by atoms with Crippen molar-refractivity contribution in [2.45, 2.75) is 58.8 Å². The van der Waals surface area contributed by atoms with Crippen LogP contribution >= 0.6 is 0 Å². The third-order valence-corrected chi connectivity index (χ3v) is 5.82. The minimum Gasteiger partial charge on any atom is -0.497 e. The molecule has 0 bridgehead atoms. The van der Waals surface area contributed by atoms with Crippen molar-refractivity contribution >= 4 is 11.6 Å². The molecule has 0 unspecified atom stereocenters. The summed E-state index contributed by atoms with van der Waals surface area (Å²) in [5.41, 5.74) is 2.10. The van der Waals surface area contributed by atoms with Gasteiger partial charge in [-0.1, -0.05) is 30.3 Å². The molecule has 3 atom stereocenters. The SMILES string of the molecule is COc1ccc(N2C(=O)[C@H]([C@H](C)N(C(C)C)C(C)C)[C@@H]2c2ccccc2)cc1. The molecule has 150 valence electrons. The van der Waals surface area contributed by atoms with Gasteiger partial charge in [0.15, 0.2) is 0 Å². The van der Waals surface area contributed by atoms with E-state index in [-0.39, 0.29) is 23.9 Å². The number of anilines is 1. The van der Waals surface area contributed by atoms with Crippen molar-refractivity contribution in [2.24, 2.45) is 5.92 Å². The summed E-state index contributed by atoms with van der Waals surface area (Å²) < 4.78 is 5.27. The van der Waals surface area contributed by atoms with Crippen molar-refractivity contribution in [3.8, 4) is 5.75 Å². The second-order valence-corrected chi connectivity index (χ2v) is 8.16. The molecule has 0 saturated carbocycles. The van der Waals surface area contributed by atoms with Crippen LogP contribution in [0.2, 0.25) is 0 Å². The van der Waals surface area contributed by atoms with Crippen molar-refractivity contribution in [3.63, 3.8) is 0 Å². The van der Waals surface area contributed by atoms with E-state index in [4.69, 9.17) is 4.74 Å². The zero-order valence-electron chi connectivity index (χ0n) is 17.8. The zero-order valence-corrected chi connectivity index (χ0v) is 17.8. The standard InChI is InChI=1S/C24H32N2O2/c1-16(2)25(17(3)4)18(5)22-23(19-10-8-7-9-11-19)26(24(22)27)20-12-14-21(28-6)15-13-20/h7-18,22-23H,1-6H3/t18-,22+,23-/m0/s1. The van der Waals surface area contributed by atoms with Crippen molar-refractivity contribution in [3.05, 3.63) is 60.2 Å². The number of benzene rings is 2. The van der Waals surface area contributed by atoms with Crippen LogP contribution in [0.1, 0.15) is 46.2 Å². The van der Waals surface area contributed by atoms with E-state index in [0.717, 1.165) is 11.4 Å². The Labute approximate surface area is 169 Å². The summed E-state index contributed by atoms with van der Waals surface area (Å²) in [6.45, 7) is 11.0. The number of nitrogens with zero attached hydrogens (tertiary/aromatic N) is 2. The molecule has 4 heteroatoms. The molecule has 0 aromatic heterocycles. The van der Waals surface area contributed by atoms with Gasteiger partial charge in [0, 0.05) is 23.8 Å². The first-order valence-electron chi connectivity index (χ1n) is 10.2. The van der Waals surface area contributed by atoms with Crippen LogP contribution in [0.5, 0.6) is 5.75 Å². The number of ether oxygens (including phenoxy) is 1. The largest absolute Gasteiger partial charge is 0.497 e. The van der Waals surface area contributed by atoms with Gasteiger partial charge in [-0.15, -0.1) is 0 Å². The summed E-state index contributed by atoms with van der Waals surface area (Å²) in [5, 5.41) is 0. The molecule has 3 rings (SSSR count). The Bertz CT molecular complexity index is 778. The first kappa shape index (κ1) is 20.4. The summed E-state index contributed by atoms with van der Waals surface area (Å²) in [6.07, 6.45) is 0. The fraction of sp³-hybridized carbons (Fsp3) is 0.458. The normalized spacial score (nSPS) is 20.6. The molecule has 0 aliphatic carbocycles. The van der Waals surface area contributed by atoms with E-state index in [9.17, 15) is 4.79 Å². The van der Waals surface area contributed by atoms with Crippen LogP contribution in [-0.4, -0.2) is 36.0 Å². The Morgan fingerprint density at radius 1 is 0.893 bits per heavy atom. The number of β-lactam (4-membered cyclic amide) rings is 1. The molecule has 1 heterocycles. The Morgan fingerprint density at radius 2 is 1.46 bits per heavy atom. The fourth-order valence-electron chi connectivity index (χ4n) is 4.74. The summed E-state index contributed by atoms with van der Waals surface area (Å²) in [5.74, 6) is 0.927. The summed E-state index contributed by atoms with van der Waals surface area (Å²) in [4.78, 5) is 17.7. The Kier molecular flexibility index (Phi) is 6.09. The van der Waals surface area contributed by atoms with E-state index in [0.29, 0.717) is 12.1 Å². The Balaban J connectivity index is 1.97. The predicted molar refractivity (Wildman–Crippen MR) is 115 cm³/mol. The molecule has 0 spiro atoms. The van der Waals surface area contributed by atoms with E-state index in [2.05, 4.69) is 63.8 Å². The van der Waals surface area contributed by atoms with Gasteiger partial charge in [-0.3, -0.25) is 9.69 Å². The fourth-order valence-corrected chi connectivity index (χ4v) is 4.74. The number of methoxy groups -OCH3 is 1. The van der Waals surface area contributed by atoms with Crippen LogP contribution in [0.25, 0.3) is 0 Å². The summed E-state index contributed by atoms with van der Waals surface area (Å²) >= 11 is 0. The van der Waals surface area contributed by atoms with Crippen molar-refractivity contribution in [2.75, 3.05) is 12.0 Å². The summed E-state index contributed by atoms with van der Waals surface area (Å²) in [6, 6.07) is 19.1. The van der Waals surface area contributed by atoms with Gasteiger partial charge < -0.3 is 9.64 Å². The number of hydrogen-bond acceptors (Lipinski definition) is 3. The number of rotatable bonds is 7. The van der Waals surface area contributed by atoms with E-state index in [1.807, 2.05) is 35.2 Å². The van der Waals surface area contributed by atoms with Crippen LogP contribution in [0.15, 0.2) is 54.6 Å². The van der Waals surface area contributed by atoms with Crippen molar-refractivity contribution in [1.29, 1.82) is 0 Å². The van der Waals surface area contributed by atoms with Crippen LogP contribution in [-0.2, 0) is 4.79 Å². The molecule has 0 radical (unpaired) electrons. The smallest absolute Gasteiger partial charge is 0.234 e. The van der Waals surface area contributed by atoms with E-state index in [1.54, 1.807) is 7.11 Å². The van der Waals surface area contributed by atoms with Crippen molar-refractivity contribution in [1.82, 2.24) is 4.90 Å². The highest BCUT2D eigenvalue weighted by molar-refractivity contribution is 6.03. The van der Waals surface area contributed by atoms with Gasteiger partial charge >= 0.3 is 0 Å². The molecule has 4 nitrogen and oxygen atoms in total. The molecule has 1 saturated heterocycles. The van der Waals surface area contributed by atoms with Gasteiger partial charge in [0.05, 0.1) is 19.1 Å². The molecule has 28 heavy (non-hydrogen) atoms. The number of carbonyl (C=O) groups excluding carboxylic acids is 1. The maximum Gasteiger partial charge on any atom is 0.234 e. The molecular weight excluding hydrogens is 348 g/mol. The third kappa shape index (κ3) is 3.66. The average molecular weight is 381 g/mol. The van der Waals surface area contributed by atoms with Gasteiger partial charge in [0.25, 0.3) is 0 Å². The topological polar surface area (TPSA) is 32.8 Å². The van der Waals surface area contributed by atoms with E-state index < -0.39 is 0 Å². The Morgan fingerprint density at radius 3 is 1.96 bits per heavy atom. The number of carbonyl (C=O) groups is 1. The average Bonchev–Trinajstić information content (AvgIpc) is 2.66. The molecule has 1 amide bonds. The lowest BCUT2D eigenvalue weighted by molar-refractivity contribution is -0.134. The predicted octanol–water partition coefficient (Wildman–Crippen LogP) is 4.91. The second-order valence-electron chi connectivity index (χ2n) is 8.16. The lowest BCUT2D eigenvalue weighted by atomic mass is 9.76. The molecule has 1 fully saturated rings. The van der Waals surface area contributed by atoms with Gasteiger partial charge in [-0.25, -0.2) is 0 Å². The lowest BCUT2D eigenvalue weighted by Crippen LogP contribution is -2.63. The van der Waals surface area contributed by atoms with Crippen LogP contribution < -0.4 is 9.64 Å². The maximum absolute atomic E-state index is 13.4. The lowest BCUT2D eigenvalue weighted by Gasteiger charge is -2.53. The third-order valence-electron chi connectivity index (χ3n) is 5.82. The van der Waals surface area contributed by atoms with E-state index >= 15 is 0 Å². The van der Waals surface area contributed by atoms with Crippen LogP contribution in [0.4, 0.5) is 5.69 Å². The van der Waals surface area contributed by atoms with Gasteiger partial charge in [-0.2, -0.15) is 0 Å². The molecule has 2 aromatic rings. The Hall–Kier alpha value is -2.33. The summed E-state index contributed by atoms with van der Waals surface area (Å²) in [7, 11) is 1.65. The molecule has 1 aliphatic heterocycles. The maximum atomic E-state index is 13.4. The van der Waals surface area contributed by atoms with Gasteiger partial charge in [0.1, 0.15) is 5.75 Å². The molecule has 0 N–H and O–H groups in total. The monoisotopic (exact) mass is 380 g/mol. The first-order chi connectivity index (χ1) is 13.4. The highest BCUT2D eigenvalue weighted by atomic mass is 16.5. The minimum atomic E-state index is -0.0608. The van der Waals surface area contributed by atoms with Crippen LogP contribution in [0, 0.1) is 5.92 Å². The molecular formula is C24H32N2O2. The second kappa shape index (κ2) is 8.36. The number of amides is 1. The van der Waals surface area contributed by atoms with Crippen molar-refractivity contribution < 1.29 is 9.53 Å². The number of hydrogen-bond donors (Lipinski definition) is 0. The zero-order chi connectivity index (χ0) is 20.4. The molecule has 2 aromatic carbocycles. The highest BCUT2D eigenvalue weighted by Crippen LogP contribution is 2.46. The highest BCUT2D eigenvalue weighted by Gasteiger charge is 2.52. The minimum absolute atomic E-state index is 0.0390. The quantitative estimate of drug-likeness (QED) is 0.640. The van der Waals surface area contributed by atoms with Crippen LogP contribution in [0.3, 0.4) is 0 Å².